The first-order chi connectivity index (χ1) is 12.1. The summed E-state index contributed by atoms with van der Waals surface area (Å²) in [6, 6.07) is 6.53. The monoisotopic (exact) mass is 345 g/mol. The molecule has 0 bridgehead atoms. The molecule has 3 rings (SSSR count). The molecular formula is C16H15N3O6. The molecule has 0 radical (unpaired) electrons. The Morgan fingerprint density at radius 1 is 1.36 bits per heavy atom. The van der Waals surface area contributed by atoms with Crippen LogP contribution in [0, 0.1) is 6.92 Å². The number of carbonyl (C=O) groups excluding carboxylic acids is 1. The molecule has 0 spiro atoms. The first-order valence-corrected chi connectivity index (χ1v) is 7.46. The van der Waals surface area contributed by atoms with Crippen molar-refractivity contribution in [3.8, 4) is 5.75 Å². The zero-order valence-electron chi connectivity index (χ0n) is 13.3. The predicted molar refractivity (Wildman–Crippen MR) is 85.3 cm³/mol. The standard InChI is InChI=1S/C16H15N3O6/c1-9-6-14(21)24-12-7-10(2-3-11(9)12)23-8-13-18-16(25-19-13)15(22)17-4-5-20/h2-3,6-7,20H,4-5,8H2,1H3,(H,17,22). The number of carbonyl (C=O) groups is 1. The molecule has 0 unspecified atom stereocenters. The molecular weight excluding hydrogens is 330 g/mol. The van der Waals surface area contributed by atoms with E-state index in [9.17, 15) is 9.59 Å². The van der Waals surface area contributed by atoms with E-state index in [0.717, 1.165) is 10.9 Å². The van der Waals surface area contributed by atoms with E-state index in [2.05, 4.69) is 15.5 Å². The van der Waals surface area contributed by atoms with Crippen LogP contribution in [-0.4, -0.2) is 34.3 Å². The summed E-state index contributed by atoms with van der Waals surface area (Å²) in [5.74, 6) is -0.153. The Hall–Kier alpha value is -3.20. The van der Waals surface area contributed by atoms with Gasteiger partial charge in [-0.15, -0.1) is 0 Å². The second kappa shape index (κ2) is 7.14. The van der Waals surface area contributed by atoms with Gasteiger partial charge in [0.2, 0.25) is 5.82 Å². The van der Waals surface area contributed by atoms with Gasteiger partial charge in [0.25, 0.3) is 0 Å². The van der Waals surface area contributed by atoms with E-state index in [-0.39, 0.29) is 31.5 Å². The number of amides is 1. The summed E-state index contributed by atoms with van der Waals surface area (Å²) in [5.41, 5.74) is 0.799. The number of hydrogen-bond donors (Lipinski definition) is 2. The number of hydrogen-bond acceptors (Lipinski definition) is 8. The number of aliphatic hydroxyl groups excluding tert-OH is 1. The van der Waals surface area contributed by atoms with Crippen molar-refractivity contribution in [2.75, 3.05) is 13.2 Å². The van der Waals surface area contributed by atoms with E-state index < -0.39 is 11.5 Å². The van der Waals surface area contributed by atoms with Crippen molar-refractivity contribution in [3.05, 3.63) is 52.0 Å². The highest BCUT2D eigenvalue weighted by Gasteiger charge is 2.15. The Kier molecular flexibility index (Phi) is 4.75. The van der Waals surface area contributed by atoms with Crippen LogP contribution in [0.15, 0.2) is 38.0 Å². The summed E-state index contributed by atoms with van der Waals surface area (Å²) in [5, 5.41) is 15.5. The number of aliphatic hydroxyl groups is 1. The third kappa shape index (κ3) is 3.83. The second-order valence-corrected chi connectivity index (χ2v) is 5.19. The van der Waals surface area contributed by atoms with Crippen molar-refractivity contribution in [1.29, 1.82) is 0 Å². The van der Waals surface area contributed by atoms with Crippen molar-refractivity contribution >= 4 is 16.9 Å². The molecule has 1 aromatic carbocycles. The van der Waals surface area contributed by atoms with Crippen LogP contribution in [0.2, 0.25) is 0 Å². The van der Waals surface area contributed by atoms with Crippen molar-refractivity contribution in [2.45, 2.75) is 13.5 Å². The predicted octanol–water partition coefficient (Wildman–Crippen LogP) is 0.786. The Bertz CT molecular complexity index is 962. The second-order valence-electron chi connectivity index (χ2n) is 5.19. The quantitative estimate of drug-likeness (QED) is 0.628. The topological polar surface area (TPSA) is 128 Å². The Balaban J connectivity index is 1.69. The zero-order valence-corrected chi connectivity index (χ0v) is 13.3. The van der Waals surface area contributed by atoms with Crippen LogP contribution in [0.25, 0.3) is 11.0 Å². The number of nitrogens with one attached hydrogen (secondary N) is 1. The fourth-order valence-corrected chi connectivity index (χ4v) is 2.19. The number of benzene rings is 1. The third-order valence-electron chi connectivity index (χ3n) is 3.35. The van der Waals surface area contributed by atoms with Crippen molar-refractivity contribution in [1.82, 2.24) is 15.5 Å². The van der Waals surface area contributed by atoms with Gasteiger partial charge in [-0.2, -0.15) is 4.98 Å². The molecule has 3 aromatic rings. The summed E-state index contributed by atoms with van der Waals surface area (Å²) in [4.78, 5) is 26.9. The highest BCUT2D eigenvalue weighted by molar-refractivity contribution is 5.89. The summed E-state index contributed by atoms with van der Waals surface area (Å²) >= 11 is 0. The van der Waals surface area contributed by atoms with Gasteiger partial charge in [-0.25, -0.2) is 4.79 Å². The van der Waals surface area contributed by atoms with Gasteiger partial charge in [-0.05, 0) is 24.6 Å². The van der Waals surface area contributed by atoms with Crippen LogP contribution >= 0.6 is 0 Å². The SMILES string of the molecule is Cc1cc(=O)oc2cc(OCc3noc(C(=O)NCCO)n3)ccc12. The van der Waals surface area contributed by atoms with Crippen LogP contribution in [0.4, 0.5) is 0 Å². The van der Waals surface area contributed by atoms with Crippen LogP contribution in [0.5, 0.6) is 5.75 Å². The average Bonchev–Trinajstić information content (AvgIpc) is 3.06. The van der Waals surface area contributed by atoms with Crippen molar-refractivity contribution < 1.29 is 23.6 Å². The lowest BCUT2D eigenvalue weighted by atomic mass is 10.1. The first kappa shape index (κ1) is 16.7. The fraction of sp³-hybridized carbons (Fsp3) is 0.250. The van der Waals surface area contributed by atoms with Gasteiger partial charge >= 0.3 is 17.4 Å². The lowest BCUT2D eigenvalue weighted by Crippen LogP contribution is -2.26. The molecule has 0 saturated carbocycles. The van der Waals surface area contributed by atoms with E-state index in [1.807, 2.05) is 6.92 Å². The van der Waals surface area contributed by atoms with Crippen LogP contribution < -0.4 is 15.7 Å². The van der Waals surface area contributed by atoms with Crippen molar-refractivity contribution in [2.24, 2.45) is 0 Å². The van der Waals surface area contributed by atoms with Gasteiger partial charge in [-0.3, -0.25) is 4.79 Å². The van der Waals surface area contributed by atoms with Crippen LogP contribution in [0.3, 0.4) is 0 Å². The molecule has 0 fully saturated rings. The number of rotatable bonds is 6. The maximum atomic E-state index is 11.6. The number of nitrogens with zero attached hydrogens (tertiary/aromatic N) is 2. The Morgan fingerprint density at radius 2 is 2.20 bits per heavy atom. The highest BCUT2D eigenvalue weighted by Crippen LogP contribution is 2.22. The van der Waals surface area contributed by atoms with Crippen LogP contribution in [0.1, 0.15) is 22.1 Å². The normalized spacial score (nSPS) is 10.8. The molecule has 0 saturated heterocycles. The molecule has 0 aliphatic rings. The maximum Gasteiger partial charge on any atom is 0.336 e. The molecule has 2 heterocycles. The largest absolute Gasteiger partial charge is 0.485 e. The van der Waals surface area contributed by atoms with Gasteiger partial charge < -0.3 is 24.1 Å². The summed E-state index contributed by atoms with van der Waals surface area (Å²) < 4.78 is 15.5. The zero-order chi connectivity index (χ0) is 17.8. The lowest BCUT2D eigenvalue weighted by molar-refractivity contribution is 0.0901. The summed E-state index contributed by atoms with van der Waals surface area (Å²) in [6.45, 7) is 1.70. The van der Waals surface area contributed by atoms with E-state index >= 15 is 0 Å². The van der Waals surface area contributed by atoms with E-state index in [4.69, 9.17) is 18.8 Å². The lowest BCUT2D eigenvalue weighted by Gasteiger charge is -2.05. The number of ether oxygens (including phenoxy) is 1. The summed E-state index contributed by atoms with van der Waals surface area (Å²) in [7, 11) is 0. The van der Waals surface area contributed by atoms with E-state index in [1.54, 1.807) is 18.2 Å². The molecule has 0 aliphatic carbocycles. The average molecular weight is 345 g/mol. The van der Waals surface area contributed by atoms with E-state index in [0.29, 0.717) is 11.3 Å². The van der Waals surface area contributed by atoms with E-state index in [1.165, 1.54) is 6.07 Å². The van der Waals surface area contributed by atoms with Gasteiger partial charge in [0.05, 0.1) is 6.61 Å². The van der Waals surface area contributed by atoms with Gasteiger partial charge in [-0.1, -0.05) is 5.16 Å². The van der Waals surface area contributed by atoms with Crippen LogP contribution in [-0.2, 0) is 6.61 Å². The number of aromatic nitrogens is 2. The smallest absolute Gasteiger partial charge is 0.336 e. The molecule has 2 aromatic heterocycles. The molecule has 1 amide bonds. The minimum Gasteiger partial charge on any atom is -0.485 e. The summed E-state index contributed by atoms with van der Waals surface area (Å²) in [6.07, 6.45) is 0. The maximum absolute atomic E-state index is 11.6. The Morgan fingerprint density at radius 3 is 3.00 bits per heavy atom. The molecule has 0 atom stereocenters. The molecule has 0 aliphatic heterocycles. The van der Waals surface area contributed by atoms with Gasteiger partial charge in [0.1, 0.15) is 11.3 Å². The minimum absolute atomic E-state index is 0.0294. The minimum atomic E-state index is -0.573. The number of fused-ring (bicyclic) bond motifs is 1. The Labute approximate surface area is 141 Å². The van der Waals surface area contributed by atoms with Gasteiger partial charge in [0.15, 0.2) is 6.61 Å². The number of aryl methyl sites for hydroxylation is 1. The highest BCUT2D eigenvalue weighted by atomic mass is 16.5. The molecule has 130 valence electrons. The fourth-order valence-electron chi connectivity index (χ4n) is 2.19. The molecule has 25 heavy (non-hydrogen) atoms. The molecule has 9 heteroatoms. The third-order valence-corrected chi connectivity index (χ3v) is 3.35. The van der Waals surface area contributed by atoms with Gasteiger partial charge in [0, 0.05) is 24.1 Å². The van der Waals surface area contributed by atoms with Crippen molar-refractivity contribution in [3.63, 3.8) is 0 Å². The molecule has 2 N–H and O–H groups in total. The first-order valence-electron chi connectivity index (χ1n) is 7.46. The molecule has 9 nitrogen and oxygen atoms in total.